The van der Waals surface area contributed by atoms with E-state index in [-0.39, 0.29) is 85.8 Å². The number of non-ortho nitro benzene ring substituents is 2. The van der Waals surface area contributed by atoms with Crippen LogP contribution < -0.4 is 0 Å². The predicted octanol–water partition coefficient (Wildman–Crippen LogP) is 7.58. The minimum Gasteiger partial charge on any atom is -0.507 e. The molecule has 13 heteroatoms. The van der Waals surface area contributed by atoms with Crippen LogP contribution in [0.25, 0.3) is 0 Å². The van der Waals surface area contributed by atoms with Crippen molar-refractivity contribution in [2.24, 2.45) is 20.8 Å². The van der Waals surface area contributed by atoms with E-state index in [0.717, 1.165) is 0 Å². The molecular formula is C34H48CuN4O8. The summed E-state index contributed by atoms with van der Waals surface area (Å²) in [5.74, 6) is 0.543. The van der Waals surface area contributed by atoms with Gasteiger partial charge in [-0.2, -0.15) is 0 Å². The van der Waals surface area contributed by atoms with Gasteiger partial charge in [0.25, 0.3) is 11.4 Å². The maximum absolute atomic E-state index is 11.2. The minimum absolute atomic E-state index is 0. The van der Waals surface area contributed by atoms with Crippen molar-refractivity contribution in [2.75, 3.05) is 13.2 Å². The molecule has 12 nitrogen and oxygen atoms in total. The van der Waals surface area contributed by atoms with E-state index in [1.165, 1.54) is 24.3 Å². The Balaban J connectivity index is 0.000000320. The number of phenolic OH excluding ortho intramolecular Hbond substituents is 2. The van der Waals surface area contributed by atoms with E-state index in [0.29, 0.717) is 24.3 Å². The smallest absolute Gasteiger partial charge is 0.270 e. The van der Waals surface area contributed by atoms with Gasteiger partial charge in [0.15, 0.2) is 0 Å². The number of nitro groups is 2. The number of nitro benzene ring substituents is 2. The van der Waals surface area contributed by atoms with Gasteiger partial charge in [0, 0.05) is 52.5 Å². The molecule has 2 aromatic rings. The Bertz CT molecular complexity index is 1460. The maximum atomic E-state index is 11.2. The summed E-state index contributed by atoms with van der Waals surface area (Å²) in [6, 6.07) is 5.39. The molecule has 263 valence electrons. The molecular weight excluding hydrogens is 656 g/mol. The molecule has 2 aliphatic heterocycles. The van der Waals surface area contributed by atoms with Crippen molar-refractivity contribution in [1.82, 2.24) is 0 Å². The zero-order valence-corrected chi connectivity index (χ0v) is 30.3. The van der Waals surface area contributed by atoms with Gasteiger partial charge < -0.3 is 19.7 Å². The molecule has 0 bridgehead atoms. The number of benzene rings is 2. The number of phenols is 2. The Morgan fingerprint density at radius 3 is 1.15 bits per heavy atom. The Morgan fingerprint density at radius 1 is 0.638 bits per heavy atom. The molecule has 0 aliphatic carbocycles. The molecule has 0 spiro atoms. The van der Waals surface area contributed by atoms with Gasteiger partial charge in [-0.1, -0.05) is 83.1 Å². The quantitative estimate of drug-likeness (QED) is 0.186. The maximum Gasteiger partial charge on any atom is 0.270 e. The van der Waals surface area contributed by atoms with Crippen LogP contribution in [0.1, 0.15) is 105 Å². The molecule has 2 aliphatic rings. The van der Waals surface area contributed by atoms with Crippen LogP contribution >= 0.6 is 0 Å². The van der Waals surface area contributed by atoms with Crippen molar-refractivity contribution in [1.29, 1.82) is 0 Å². The van der Waals surface area contributed by atoms with Crippen LogP contribution in [0.15, 0.2) is 34.3 Å². The first-order chi connectivity index (χ1) is 20.8. The summed E-state index contributed by atoms with van der Waals surface area (Å²) in [5, 5.41) is 43.6. The third-order valence-electron chi connectivity index (χ3n) is 7.99. The molecule has 47 heavy (non-hydrogen) atoms. The molecule has 4 rings (SSSR count). The third-order valence-corrected chi connectivity index (χ3v) is 7.99. The Morgan fingerprint density at radius 2 is 0.936 bits per heavy atom. The first-order valence-electron chi connectivity index (χ1n) is 15.3. The molecule has 2 heterocycles. The fourth-order valence-corrected chi connectivity index (χ4v) is 4.85. The number of rotatable bonds is 4. The molecule has 0 fully saturated rings. The third kappa shape index (κ3) is 9.22. The molecule has 2 atom stereocenters. The monoisotopic (exact) mass is 703 g/mol. The summed E-state index contributed by atoms with van der Waals surface area (Å²) in [6.07, 6.45) is 0. The van der Waals surface area contributed by atoms with Gasteiger partial charge >= 0.3 is 0 Å². The van der Waals surface area contributed by atoms with Crippen LogP contribution in [0.4, 0.5) is 11.4 Å². The number of aromatic hydroxyl groups is 2. The van der Waals surface area contributed by atoms with Crippen LogP contribution in [0.5, 0.6) is 11.5 Å². The van der Waals surface area contributed by atoms with Crippen molar-refractivity contribution in [2.45, 2.75) is 106 Å². The van der Waals surface area contributed by atoms with E-state index < -0.39 is 20.7 Å². The Kier molecular flexibility index (Phi) is 11.6. The fourth-order valence-electron chi connectivity index (χ4n) is 4.85. The van der Waals surface area contributed by atoms with Crippen LogP contribution in [0, 0.1) is 31.1 Å². The van der Waals surface area contributed by atoms with E-state index >= 15 is 0 Å². The SMILES string of the molecule is CC(C)(C)c1cc([N+](=O)[O-])cc(C2=N[C@@H](C(C)(C)C)CO2)c1O.CC(C)(C)c1cc([N+](=O)[O-])cc(C2=N[C@@H](C(C)(C)C)CO2)c1O.[Cu]. The zero-order chi connectivity index (χ0) is 35.2. The molecule has 0 unspecified atom stereocenters. The van der Waals surface area contributed by atoms with E-state index in [2.05, 4.69) is 51.5 Å². The molecule has 0 amide bonds. The van der Waals surface area contributed by atoms with Crippen molar-refractivity contribution in [3.63, 3.8) is 0 Å². The average Bonchev–Trinajstić information content (AvgIpc) is 3.58. The summed E-state index contributed by atoms with van der Waals surface area (Å²) in [6.45, 7) is 24.5. The summed E-state index contributed by atoms with van der Waals surface area (Å²) < 4.78 is 11.3. The van der Waals surface area contributed by atoms with Gasteiger partial charge in [0.05, 0.1) is 33.1 Å². The summed E-state index contributed by atoms with van der Waals surface area (Å²) in [4.78, 5) is 30.6. The van der Waals surface area contributed by atoms with Crippen LogP contribution in [-0.4, -0.2) is 57.2 Å². The van der Waals surface area contributed by atoms with Crippen LogP contribution in [-0.2, 0) is 37.4 Å². The van der Waals surface area contributed by atoms with E-state index in [1.807, 2.05) is 41.5 Å². The number of ether oxygens (including phenoxy) is 2. The second-order valence-corrected chi connectivity index (χ2v) is 16.0. The minimum atomic E-state index is -0.463. The van der Waals surface area contributed by atoms with E-state index in [1.54, 1.807) is 0 Å². The second kappa shape index (κ2) is 13.8. The first kappa shape index (κ1) is 39.5. The first-order valence-corrected chi connectivity index (χ1v) is 15.3. The summed E-state index contributed by atoms with van der Waals surface area (Å²) in [5.41, 5.74) is 0.407. The molecule has 1 radical (unpaired) electrons. The molecule has 0 aromatic heterocycles. The molecule has 0 saturated carbocycles. The van der Waals surface area contributed by atoms with Crippen molar-refractivity contribution in [3.8, 4) is 11.5 Å². The molecule has 2 N–H and O–H groups in total. The molecule has 0 saturated heterocycles. The second-order valence-electron chi connectivity index (χ2n) is 16.0. The average molecular weight is 704 g/mol. The number of hydrogen-bond acceptors (Lipinski definition) is 10. The van der Waals surface area contributed by atoms with Gasteiger partial charge in [-0.25, -0.2) is 9.98 Å². The summed E-state index contributed by atoms with van der Waals surface area (Å²) >= 11 is 0. The van der Waals surface area contributed by atoms with Crippen LogP contribution in [0.2, 0.25) is 0 Å². The topological polar surface area (TPSA) is 170 Å². The largest absolute Gasteiger partial charge is 0.507 e. The fraction of sp³-hybridized carbons (Fsp3) is 0.588. The van der Waals surface area contributed by atoms with Gasteiger partial charge in [-0.3, -0.25) is 20.2 Å². The van der Waals surface area contributed by atoms with Gasteiger partial charge in [0.2, 0.25) is 11.8 Å². The van der Waals surface area contributed by atoms with Gasteiger partial charge in [-0.05, 0) is 21.7 Å². The summed E-state index contributed by atoms with van der Waals surface area (Å²) in [7, 11) is 0. The Labute approximate surface area is 287 Å². The van der Waals surface area contributed by atoms with Crippen molar-refractivity contribution >= 4 is 23.2 Å². The Hall–Kier alpha value is -3.70. The number of aliphatic imine (C=N–C) groups is 2. The van der Waals surface area contributed by atoms with Gasteiger partial charge in [-0.15, -0.1) is 0 Å². The van der Waals surface area contributed by atoms with Crippen LogP contribution in [0.3, 0.4) is 0 Å². The van der Waals surface area contributed by atoms with E-state index in [4.69, 9.17) is 9.47 Å². The number of hydrogen-bond donors (Lipinski definition) is 2. The standard InChI is InChI=1S/2C17H24N2O4.Cu/c2*1-16(2,3)12-8-10(19(21)22)7-11(14(12)20)15-18-13(9-23-15)17(4,5)6;/h2*7-8,13,20H,9H2,1-6H3;/t2*13-;/m11./s1. The normalized spacial score (nSPS) is 18.1. The number of nitrogens with zero attached hydrogens (tertiary/aromatic N) is 4. The van der Waals surface area contributed by atoms with Gasteiger partial charge in [0.1, 0.15) is 24.7 Å². The zero-order valence-electron chi connectivity index (χ0n) is 29.3. The van der Waals surface area contributed by atoms with Crippen molar-refractivity contribution < 1.29 is 46.6 Å². The molecule has 2 aromatic carbocycles. The van der Waals surface area contributed by atoms with E-state index in [9.17, 15) is 30.4 Å². The predicted molar refractivity (Wildman–Crippen MR) is 178 cm³/mol. The van der Waals surface area contributed by atoms with Crippen molar-refractivity contribution in [3.05, 3.63) is 66.7 Å².